The molecule has 1 heterocycles. The van der Waals surface area contributed by atoms with Crippen LogP contribution in [0.4, 0.5) is 11.4 Å². The van der Waals surface area contributed by atoms with E-state index >= 15 is 0 Å². The molecule has 1 amide bonds. The largest absolute Gasteiger partial charge is 0.494 e. The van der Waals surface area contributed by atoms with E-state index in [1.807, 2.05) is 18.2 Å². The van der Waals surface area contributed by atoms with Gasteiger partial charge in [0, 0.05) is 12.1 Å². The first-order valence-electron chi connectivity index (χ1n) is 9.93. The molecule has 176 valence electrons. The van der Waals surface area contributed by atoms with Crippen LogP contribution in [0.1, 0.15) is 10.5 Å². The van der Waals surface area contributed by atoms with Crippen molar-refractivity contribution in [1.29, 1.82) is 0 Å². The van der Waals surface area contributed by atoms with Crippen LogP contribution in [-0.4, -0.2) is 46.9 Å². The van der Waals surface area contributed by atoms with Crippen LogP contribution in [0.2, 0.25) is 0 Å². The highest BCUT2D eigenvalue weighted by atomic mass is 16.6. The Balaban J connectivity index is 1.56. The zero-order valence-corrected chi connectivity index (χ0v) is 18.0. The molecule has 0 aliphatic rings. The number of benzene rings is 2. The quantitative estimate of drug-likeness (QED) is 0.268. The van der Waals surface area contributed by atoms with Gasteiger partial charge in [0.1, 0.15) is 18.1 Å². The number of ether oxygens (including phenoxy) is 3. The van der Waals surface area contributed by atoms with Crippen LogP contribution in [0, 0.1) is 10.1 Å². The molecule has 0 aliphatic heterocycles. The van der Waals surface area contributed by atoms with Gasteiger partial charge in [0.2, 0.25) is 0 Å². The molecule has 0 saturated carbocycles. The molecule has 0 unspecified atom stereocenters. The summed E-state index contributed by atoms with van der Waals surface area (Å²) in [6.45, 7) is -0.416. The lowest BCUT2D eigenvalue weighted by atomic mass is 10.2. The van der Waals surface area contributed by atoms with Crippen LogP contribution in [0.5, 0.6) is 11.5 Å². The molecule has 34 heavy (non-hydrogen) atoms. The number of nitrogens with one attached hydrogen (secondary N) is 1. The Hall–Kier alpha value is -4.74. The molecule has 3 aromatic rings. The molecule has 0 aliphatic carbocycles. The van der Waals surface area contributed by atoms with E-state index in [4.69, 9.17) is 14.2 Å². The Morgan fingerprint density at radius 1 is 1.12 bits per heavy atom. The van der Waals surface area contributed by atoms with Crippen molar-refractivity contribution in [3.8, 4) is 11.5 Å². The van der Waals surface area contributed by atoms with E-state index in [1.54, 1.807) is 12.1 Å². The van der Waals surface area contributed by atoms with Gasteiger partial charge in [-0.3, -0.25) is 19.7 Å². The first-order chi connectivity index (χ1) is 16.4. The number of para-hydroxylation sites is 1. The minimum atomic E-state index is -0.913. The van der Waals surface area contributed by atoms with Gasteiger partial charge in [0.05, 0.1) is 30.3 Å². The number of nitro groups is 1. The minimum Gasteiger partial charge on any atom is -0.494 e. The highest BCUT2D eigenvalue weighted by Gasteiger charge is 2.16. The predicted octanol–water partition coefficient (Wildman–Crippen LogP) is 2.03. The number of rotatable bonds is 10. The third kappa shape index (κ3) is 6.38. The number of carbonyl (C=O) groups excluding carboxylic acids is 2. The summed E-state index contributed by atoms with van der Waals surface area (Å²) in [6.07, 6.45) is 0. The number of non-ortho nitro benzene ring substituents is 1. The highest BCUT2D eigenvalue weighted by Crippen LogP contribution is 2.28. The average Bonchev–Trinajstić information content (AvgIpc) is 2.84. The average molecular weight is 468 g/mol. The fraction of sp³-hybridized carbons (Fsp3) is 0.182. The zero-order valence-electron chi connectivity index (χ0n) is 18.0. The first-order valence-corrected chi connectivity index (χ1v) is 9.93. The number of nitro benzene ring substituents is 1. The number of esters is 1. The molecule has 3 rings (SSSR count). The van der Waals surface area contributed by atoms with Gasteiger partial charge in [-0.05, 0) is 24.3 Å². The molecule has 2 aromatic carbocycles. The summed E-state index contributed by atoms with van der Waals surface area (Å²) in [4.78, 5) is 46.7. The fourth-order valence-corrected chi connectivity index (χ4v) is 2.77. The Bertz CT molecular complexity index is 1240. The summed E-state index contributed by atoms with van der Waals surface area (Å²) in [5.41, 5.74) is -0.646. The second-order valence-corrected chi connectivity index (χ2v) is 6.71. The normalized spacial score (nSPS) is 10.3. The van der Waals surface area contributed by atoms with E-state index in [1.165, 1.54) is 25.3 Å². The van der Waals surface area contributed by atoms with Gasteiger partial charge in [-0.25, -0.2) is 9.48 Å². The maximum Gasteiger partial charge on any atom is 0.359 e. The van der Waals surface area contributed by atoms with Crippen molar-refractivity contribution in [1.82, 2.24) is 9.78 Å². The number of carbonyl (C=O) groups is 2. The lowest BCUT2D eigenvalue weighted by molar-refractivity contribution is -0.384. The van der Waals surface area contributed by atoms with Gasteiger partial charge in [-0.15, -0.1) is 0 Å². The molecular weight excluding hydrogens is 448 g/mol. The molecule has 12 heteroatoms. The molecule has 0 radical (unpaired) electrons. The van der Waals surface area contributed by atoms with Crippen molar-refractivity contribution in [2.45, 2.75) is 6.54 Å². The molecule has 0 fully saturated rings. The molecule has 1 aromatic heterocycles. The zero-order chi connectivity index (χ0) is 24.5. The minimum absolute atomic E-state index is 0.0698. The van der Waals surface area contributed by atoms with Crippen molar-refractivity contribution in [2.24, 2.45) is 0 Å². The van der Waals surface area contributed by atoms with Crippen LogP contribution < -0.4 is 20.3 Å². The Labute approximate surface area is 192 Å². The third-order valence-corrected chi connectivity index (χ3v) is 4.40. The smallest absolute Gasteiger partial charge is 0.359 e. The summed E-state index contributed by atoms with van der Waals surface area (Å²) in [5, 5.41) is 17.2. The lowest BCUT2D eigenvalue weighted by Crippen LogP contribution is -2.28. The molecule has 12 nitrogen and oxygen atoms in total. The van der Waals surface area contributed by atoms with Crippen LogP contribution in [-0.2, 0) is 16.1 Å². The van der Waals surface area contributed by atoms with E-state index in [0.717, 1.165) is 16.8 Å². The van der Waals surface area contributed by atoms with Gasteiger partial charge in [-0.2, -0.15) is 5.10 Å². The predicted molar refractivity (Wildman–Crippen MR) is 119 cm³/mol. The summed E-state index contributed by atoms with van der Waals surface area (Å²) in [5.74, 6) is -0.921. The van der Waals surface area contributed by atoms with Crippen LogP contribution in [0.3, 0.4) is 0 Å². The van der Waals surface area contributed by atoms with Gasteiger partial charge in [0.15, 0.2) is 12.3 Å². The number of hydrogen-bond acceptors (Lipinski definition) is 9. The van der Waals surface area contributed by atoms with Crippen molar-refractivity contribution < 1.29 is 28.7 Å². The molecular formula is C22H20N4O8. The summed E-state index contributed by atoms with van der Waals surface area (Å²) in [6, 6.07) is 15.0. The van der Waals surface area contributed by atoms with Crippen LogP contribution in [0.15, 0.2) is 65.5 Å². The van der Waals surface area contributed by atoms with Gasteiger partial charge in [0.25, 0.3) is 17.2 Å². The van der Waals surface area contributed by atoms with Gasteiger partial charge in [-0.1, -0.05) is 18.2 Å². The molecule has 0 atom stereocenters. The van der Waals surface area contributed by atoms with Gasteiger partial charge < -0.3 is 19.5 Å². The Morgan fingerprint density at radius 3 is 2.59 bits per heavy atom. The molecule has 0 saturated heterocycles. The van der Waals surface area contributed by atoms with Crippen LogP contribution in [0.25, 0.3) is 0 Å². The number of aromatic nitrogens is 2. The van der Waals surface area contributed by atoms with E-state index < -0.39 is 29.0 Å². The second kappa shape index (κ2) is 11.2. The monoisotopic (exact) mass is 468 g/mol. The molecule has 0 bridgehead atoms. The summed E-state index contributed by atoms with van der Waals surface area (Å²) >= 11 is 0. The topological polar surface area (TPSA) is 152 Å². The number of hydrogen-bond donors (Lipinski definition) is 1. The number of amides is 1. The second-order valence-electron chi connectivity index (χ2n) is 6.71. The van der Waals surface area contributed by atoms with Crippen molar-refractivity contribution >= 4 is 23.3 Å². The Kier molecular flexibility index (Phi) is 7.89. The maximum absolute atomic E-state index is 12.3. The van der Waals surface area contributed by atoms with Crippen molar-refractivity contribution in [2.75, 3.05) is 25.6 Å². The summed E-state index contributed by atoms with van der Waals surface area (Å²) in [7, 11) is 1.29. The van der Waals surface area contributed by atoms with Crippen LogP contribution >= 0.6 is 0 Å². The lowest BCUT2D eigenvalue weighted by Gasteiger charge is -2.11. The number of anilines is 1. The van der Waals surface area contributed by atoms with Crippen molar-refractivity contribution in [3.05, 3.63) is 86.8 Å². The Morgan fingerprint density at radius 2 is 1.88 bits per heavy atom. The maximum atomic E-state index is 12.3. The molecule has 1 N–H and O–H groups in total. The standard InChI is InChI=1S/C22H20N4O8/c1-32-19-13-15(26(30)31)7-8-17(19)23-20(27)14-34-22(29)18-9-10-21(28)25(24-18)11-12-33-16-5-3-2-4-6-16/h2-10,13H,11-12,14H2,1H3,(H,23,27). The third-order valence-electron chi connectivity index (χ3n) is 4.40. The number of nitrogens with zero attached hydrogens (tertiary/aromatic N) is 3. The molecule has 0 spiro atoms. The first kappa shape index (κ1) is 23.9. The van der Waals surface area contributed by atoms with E-state index in [2.05, 4.69) is 10.4 Å². The van der Waals surface area contributed by atoms with E-state index in [-0.39, 0.29) is 36.0 Å². The highest BCUT2D eigenvalue weighted by molar-refractivity contribution is 5.95. The van der Waals surface area contributed by atoms with E-state index in [9.17, 15) is 24.5 Å². The van der Waals surface area contributed by atoms with Gasteiger partial charge >= 0.3 is 5.97 Å². The van der Waals surface area contributed by atoms with E-state index in [0.29, 0.717) is 5.75 Å². The summed E-state index contributed by atoms with van der Waals surface area (Å²) < 4.78 is 16.6. The number of methoxy groups -OCH3 is 1. The van der Waals surface area contributed by atoms with Crippen molar-refractivity contribution in [3.63, 3.8) is 0 Å². The SMILES string of the molecule is COc1cc([N+](=O)[O-])ccc1NC(=O)COC(=O)c1ccc(=O)n(CCOc2ccccc2)n1. The fourth-order valence-electron chi connectivity index (χ4n) is 2.77.